The van der Waals surface area contributed by atoms with E-state index in [2.05, 4.69) is 4.18 Å². The molecule has 1 aromatic carbocycles. The lowest BCUT2D eigenvalue weighted by molar-refractivity contribution is -0.136. The van der Waals surface area contributed by atoms with Crippen molar-refractivity contribution in [1.29, 1.82) is 0 Å². The lowest BCUT2D eigenvalue weighted by Crippen LogP contribution is -2.05. The lowest BCUT2D eigenvalue weighted by atomic mass is 10.1. The maximum absolute atomic E-state index is 10.7. The third-order valence-corrected chi connectivity index (χ3v) is 3.48. The summed E-state index contributed by atoms with van der Waals surface area (Å²) in [5, 5.41) is 8.66. The molecule has 1 rings (SSSR count). The van der Waals surface area contributed by atoms with E-state index < -0.39 is 16.1 Å². The van der Waals surface area contributed by atoms with Crippen molar-refractivity contribution in [2.45, 2.75) is 32.1 Å². The summed E-state index contributed by atoms with van der Waals surface area (Å²) in [6, 6.07) is 7.39. The Hall–Kier alpha value is -1.60. The minimum atomic E-state index is -3.35. The molecule has 0 aliphatic carbocycles. The van der Waals surface area contributed by atoms with Crippen molar-refractivity contribution in [2.75, 3.05) is 19.5 Å². The van der Waals surface area contributed by atoms with E-state index in [1.807, 2.05) is 24.3 Å². The number of aliphatic carboxylic acids is 1. The Morgan fingerprint density at radius 1 is 1.18 bits per heavy atom. The van der Waals surface area contributed by atoms with Crippen LogP contribution in [0.2, 0.25) is 0 Å². The highest BCUT2D eigenvalue weighted by Gasteiger charge is 2.02. The number of carbonyl (C=O) groups is 1. The zero-order valence-electron chi connectivity index (χ0n) is 12.7. The monoisotopic (exact) mass is 330 g/mol. The zero-order valence-corrected chi connectivity index (χ0v) is 13.5. The van der Waals surface area contributed by atoms with E-state index in [1.54, 1.807) is 0 Å². The molecule has 7 heteroatoms. The second-order valence-electron chi connectivity index (χ2n) is 4.98. The third-order valence-electron chi connectivity index (χ3n) is 2.88. The summed E-state index contributed by atoms with van der Waals surface area (Å²) in [4.78, 5) is 10.5. The summed E-state index contributed by atoms with van der Waals surface area (Å²) in [7, 11) is -3.35. The van der Waals surface area contributed by atoms with E-state index in [4.69, 9.17) is 9.84 Å². The molecule has 0 spiro atoms. The third kappa shape index (κ3) is 9.36. The van der Waals surface area contributed by atoms with Crippen molar-refractivity contribution in [3.63, 3.8) is 0 Å². The van der Waals surface area contributed by atoms with E-state index in [9.17, 15) is 13.2 Å². The predicted molar refractivity (Wildman–Crippen MR) is 82.5 cm³/mol. The Labute approximate surface area is 131 Å². The molecule has 0 atom stereocenters. The quantitative estimate of drug-likeness (QED) is 0.494. The second kappa shape index (κ2) is 9.42. The maximum Gasteiger partial charge on any atom is 0.303 e. The molecule has 6 nitrogen and oxygen atoms in total. The molecular formula is C15H22O6S. The minimum absolute atomic E-state index is 0.101. The summed E-state index contributed by atoms with van der Waals surface area (Å²) < 4.78 is 31.7. The maximum atomic E-state index is 10.7. The molecule has 0 saturated carbocycles. The number of hydrogen-bond donors (Lipinski definition) is 1. The van der Waals surface area contributed by atoms with Crippen LogP contribution in [0.25, 0.3) is 0 Å². The van der Waals surface area contributed by atoms with Gasteiger partial charge >= 0.3 is 5.97 Å². The van der Waals surface area contributed by atoms with Crippen LogP contribution in [-0.2, 0) is 25.5 Å². The highest BCUT2D eigenvalue weighted by molar-refractivity contribution is 7.85. The van der Waals surface area contributed by atoms with Crippen LogP contribution in [0, 0.1) is 0 Å². The van der Waals surface area contributed by atoms with Crippen LogP contribution in [0.5, 0.6) is 5.75 Å². The molecule has 0 aliphatic heterocycles. The Bertz CT molecular complexity index is 567. The van der Waals surface area contributed by atoms with E-state index in [0.29, 0.717) is 19.4 Å². The number of carboxylic acid groups (broad SMARTS) is 1. The van der Waals surface area contributed by atoms with Crippen molar-refractivity contribution >= 4 is 16.1 Å². The highest BCUT2D eigenvalue weighted by Crippen LogP contribution is 2.15. The summed E-state index contributed by atoms with van der Waals surface area (Å²) in [6.45, 7) is 0.727. The molecule has 0 unspecified atom stereocenters. The Morgan fingerprint density at radius 3 is 2.59 bits per heavy atom. The number of benzene rings is 1. The van der Waals surface area contributed by atoms with Gasteiger partial charge in [-0.1, -0.05) is 12.1 Å². The average Bonchev–Trinajstić information content (AvgIpc) is 2.43. The summed E-state index contributed by atoms with van der Waals surface area (Å²) in [5.41, 5.74) is 0.932. The molecule has 0 saturated heterocycles. The lowest BCUT2D eigenvalue weighted by Gasteiger charge is -2.08. The summed E-state index contributed by atoms with van der Waals surface area (Å²) in [6.07, 6.45) is 3.89. The number of aryl methyl sites for hydroxylation is 1. The molecule has 0 bridgehead atoms. The van der Waals surface area contributed by atoms with Gasteiger partial charge in [-0.2, -0.15) is 8.42 Å². The molecular weight excluding hydrogens is 308 g/mol. The smallest absolute Gasteiger partial charge is 0.303 e. The van der Waals surface area contributed by atoms with E-state index in [1.165, 1.54) is 0 Å². The molecule has 22 heavy (non-hydrogen) atoms. The number of ether oxygens (including phenoxy) is 1. The van der Waals surface area contributed by atoms with Crippen molar-refractivity contribution in [2.24, 2.45) is 0 Å². The Balaban J connectivity index is 2.19. The van der Waals surface area contributed by atoms with Gasteiger partial charge in [-0.3, -0.25) is 8.98 Å². The van der Waals surface area contributed by atoms with Crippen LogP contribution in [0.4, 0.5) is 0 Å². The van der Waals surface area contributed by atoms with Crippen LogP contribution < -0.4 is 4.74 Å². The highest BCUT2D eigenvalue weighted by atomic mass is 32.2. The first kappa shape index (κ1) is 18.4. The predicted octanol–water partition coefficient (Wildman–Crippen LogP) is 2.23. The van der Waals surface area contributed by atoms with Gasteiger partial charge in [0.1, 0.15) is 5.75 Å². The normalized spacial score (nSPS) is 11.3. The van der Waals surface area contributed by atoms with Gasteiger partial charge in [-0.15, -0.1) is 0 Å². The molecule has 1 N–H and O–H groups in total. The van der Waals surface area contributed by atoms with Gasteiger partial charge in [0.15, 0.2) is 0 Å². The Morgan fingerprint density at radius 2 is 1.91 bits per heavy atom. The fraction of sp³-hybridized carbons (Fsp3) is 0.533. The number of rotatable bonds is 11. The van der Waals surface area contributed by atoms with E-state index in [0.717, 1.165) is 30.4 Å². The van der Waals surface area contributed by atoms with E-state index in [-0.39, 0.29) is 13.0 Å². The van der Waals surface area contributed by atoms with Gasteiger partial charge < -0.3 is 9.84 Å². The van der Waals surface area contributed by atoms with Crippen LogP contribution in [0.1, 0.15) is 31.2 Å². The number of hydrogen-bond acceptors (Lipinski definition) is 5. The Kier molecular flexibility index (Phi) is 7.90. The molecule has 0 amide bonds. The van der Waals surface area contributed by atoms with Crippen molar-refractivity contribution in [1.82, 2.24) is 0 Å². The topological polar surface area (TPSA) is 89.9 Å². The minimum Gasteiger partial charge on any atom is -0.494 e. The average molecular weight is 330 g/mol. The largest absolute Gasteiger partial charge is 0.494 e. The van der Waals surface area contributed by atoms with E-state index >= 15 is 0 Å². The fourth-order valence-electron chi connectivity index (χ4n) is 1.82. The van der Waals surface area contributed by atoms with Gasteiger partial charge in [-0.05, 0) is 43.4 Å². The van der Waals surface area contributed by atoms with Gasteiger partial charge in [0.05, 0.1) is 19.5 Å². The molecule has 0 heterocycles. The number of carboxylic acids is 1. The molecule has 0 fully saturated rings. The summed E-state index contributed by atoms with van der Waals surface area (Å²) >= 11 is 0. The van der Waals surface area contributed by atoms with Gasteiger partial charge in [-0.25, -0.2) is 0 Å². The molecule has 124 valence electrons. The second-order valence-corrected chi connectivity index (χ2v) is 6.62. The SMILES string of the molecule is CS(=O)(=O)OCCCCCOc1cccc(CCC(=O)O)c1. The zero-order chi connectivity index (χ0) is 16.4. The van der Waals surface area contributed by atoms with Crippen LogP contribution in [0.15, 0.2) is 24.3 Å². The first-order chi connectivity index (χ1) is 10.4. The first-order valence-corrected chi connectivity index (χ1v) is 8.96. The molecule has 0 aromatic heterocycles. The van der Waals surface area contributed by atoms with Crippen LogP contribution in [0.3, 0.4) is 0 Å². The summed E-state index contributed by atoms with van der Waals surface area (Å²) in [5.74, 6) is -0.0992. The molecule has 1 aromatic rings. The molecule has 0 aliphatic rings. The standard InChI is InChI=1S/C15H22O6S/c1-22(18,19)21-11-4-2-3-10-20-14-7-5-6-13(12-14)8-9-15(16)17/h5-7,12H,2-4,8-11H2,1H3,(H,16,17). The van der Waals surface area contributed by atoms with Crippen molar-refractivity contribution in [3.8, 4) is 5.75 Å². The van der Waals surface area contributed by atoms with Crippen LogP contribution in [-0.4, -0.2) is 39.0 Å². The van der Waals surface area contributed by atoms with Gasteiger partial charge in [0.25, 0.3) is 10.1 Å². The first-order valence-electron chi connectivity index (χ1n) is 7.15. The van der Waals surface area contributed by atoms with Gasteiger partial charge in [0, 0.05) is 6.42 Å². The fourth-order valence-corrected chi connectivity index (χ4v) is 2.24. The van der Waals surface area contributed by atoms with Gasteiger partial charge in [0.2, 0.25) is 0 Å². The molecule has 0 radical (unpaired) electrons. The van der Waals surface area contributed by atoms with Crippen molar-refractivity contribution < 1.29 is 27.2 Å². The van der Waals surface area contributed by atoms with Crippen LogP contribution >= 0.6 is 0 Å². The number of unbranched alkanes of at least 4 members (excludes halogenated alkanes) is 2. The van der Waals surface area contributed by atoms with Crippen molar-refractivity contribution in [3.05, 3.63) is 29.8 Å².